The van der Waals surface area contributed by atoms with Gasteiger partial charge in [0.25, 0.3) is 5.91 Å². The highest BCUT2D eigenvalue weighted by Crippen LogP contribution is 2.42. The van der Waals surface area contributed by atoms with E-state index >= 15 is 0 Å². The lowest BCUT2D eigenvalue weighted by Gasteiger charge is -2.43. The predicted molar refractivity (Wildman–Crippen MR) is 159 cm³/mol. The largest absolute Gasteiger partial charge is 0.340 e. The van der Waals surface area contributed by atoms with Crippen molar-refractivity contribution in [3.05, 3.63) is 64.3 Å². The summed E-state index contributed by atoms with van der Waals surface area (Å²) in [6, 6.07) is 7.64. The van der Waals surface area contributed by atoms with Crippen LogP contribution in [-0.2, 0) is 26.7 Å². The Kier molecular flexibility index (Phi) is 7.95. The molecule has 6 rings (SSSR count). The third kappa shape index (κ3) is 5.75. The van der Waals surface area contributed by atoms with Crippen LogP contribution in [0.2, 0.25) is 0 Å². The van der Waals surface area contributed by atoms with Gasteiger partial charge in [-0.25, -0.2) is 0 Å². The lowest BCUT2D eigenvalue weighted by atomic mass is 9.88. The van der Waals surface area contributed by atoms with E-state index in [0.717, 1.165) is 35.8 Å². The zero-order chi connectivity index (χ0) is 29.6. The van der Waals surface area contributed by atoms with Crippen LogP contribution < -0.4 is 5.32 Å². The van der Waals surface area contributed by atoms with Crippen LogP contribution in [0.1, 0.15) is 71.3 Å². The van der Waals surface area contributed by atoms with E-state index in [2.05, 4.69) is 17.2 Å². The highest BCUT2D eigenvalue weighted by atomic mass is 32.1. The van der Waals surface area contributed by atoms with Gasteiger partial charge in [0.2, 0.25) is 11.8 Å². The number of rotatable bonds is 7. The molecule has 12 heteroatoms. The van der Waals surface area contributed by atoms with Crippen LogP contribution in [0, 0.1) is 0 Å². The van der Waals surface area contributed by atoms with Crippen molar-refractivity contribution < 1.29 is 28.7 Å². The van der Waals surface area contributed by atoms with Crippen molar-refractivity contribution in [2.45, 2.75) is 75.7 Å². The smallest absolute Gasteiger partial charge is 0.330 e. The fraction of sp³-hybridized carbons (Fsp3) is 0.467. The zero-order valence-corrected chi connectivity index (χ0v) is 25.2. The second-order valence-corrected chi connectivity index (χ2v) is 14.4. The summed E-state index contributed by atoms with van der Waals surface area (Å²) in [7, 11) is -4.20. The number of aryl methyl sites for hydroxylation is 1. The van der Waals surface area contributed by atoms with E-state index in [0.29, 0.717) is 36.4 Å². The molecule has 5 heterocycles. The van der Waals surface area contributed by atoms with Gasteiger partial charge in [0.05, 0.1) is 6.16 Å². The molecule has 222 valence electrons. The summed E-state index contributed by atoms with van der Waals surface area (Å²) in [5.74, 6) is -0.324. The first-order chi connectivity index (χ1) is 20.1. The Morgan fingerprint density at radius 2 is 1.93 bits per heavy atom. The maximum absolute atomic E-state index is 13.8. The number of benzene rings is 1. The number of aromatic nitrogens is 1. The number of pyridine rings is 1. The fourth-order valence-corrected chi connectivity index (χ4v) is 8.84. The Labute approximate surface area is 248 Å². The van der Waals surface area contributed by atoms with Gasteiger partial charge in [-0.3, -0.25) is 23.9 Å². The van der Waals surface area contributed by atoms with Crippen LogP contribution in [0.4, 0.5) is 0 Å². The molecule has 0 spiro atoms. The Morgan fingerprint density at radius 3 is 2.69 bits per heavy atom. The third-order valence-electron chi connectivity index (χ3n) is 8.83. The first-order valence-corrected chi connectivity index (χ1v) is 17.1. The third-order valence-corrected chi connectivity index (χ3v) is 10.9. The van der Waals surface area contributed by atoms with Crippen molar-refractivity contribution in [1.82, 2.24) is 20.1 Å². The predicted octanol–water partition coefficient (Wildman–Crippen LogP) is 3.80. The molecule has 10 nitrogen and oxygen atoms in total. The van der Waals surface area contributed by atoms with Crippen molar-refractivity contribution in [3.63, 3.8) is 0 Å². The van der Waals surface area contributed by atoms with Crippen LogP contribution in [0.3, 0.4) is 0 Å². The van der Waals surface area contributed by atoms with Crippen LogP contribution in [0.25, 0.3) is 10.1 Å². The standard InChI is InChI=1S/C30H35N4O6PS/c1-2-18-10-11-31-14-24(18)21-15-33(16-21)30(37)26-9-8-22-4-3-5-25(29(36)34(22)26)32-28(35)20-7-6-19-12-23(17-41(38,39)40)42-27(19)13-20/h6-7,10-14,21-22,25-26H,2-5,8-9,15-17H2,1H3,(H,32,35)(H2,38,39,40)/t22-,25-,26-/m0/s1. The number of nitrogens with zero attached hydrogens (tertiary/aromatic N) is 3. The molecule has 0 aliphatic carbocycles. The number of nitrogens with one attached hydrogen (secondary N) is 1. The maximum Gasteiger partial charge on any atom is 0.330 e. The minimum atomic E-state index is -4.20. The van der Waals surface area contributed by atoms with Gasteiger partial charge in [-0.1, -0.05) is 13.0 Å². The SMILES string of the molecule is CCc1ccncc1C1CN(C(=O)[C@@H]2CC[C@@H]3CCC[C@H](NC(=O)c4ccc5cc(CP(=O)(O)O)sc5c4)C(=O)N32)C1. The van der Waals surface area contributed by atoms with Gasteiger partial charge in [-0.05, 0) is 79.3 Å². The summed E-state index contributed by atoms with van der Waals surface area (Å²) in [6.45, 7) is 3.37. The number of carbonyl (C=O) groups is 3. The first kappa shape index (κ1) is 29.0. The van der Waals surface area contributed by atoms with Crippen molar-refractivity contribution in [3.8, 4) is 0 Å². The van der Waals surface area contributed by atoms with E-state index in [1.54, 1.807) is 35.4 Å². The normalized spacial score (nSPS) is 23.0. The van der Waals surface area contributed by atoms with Crippen molar-refractivity contribution in [2.75, 3.05) is 13.1 Å². The molecule has 3 aliphatic rings. The minimum Gasteiger partial charge on any atom is -0.340 e. The molecule has 3 aromatic rings. The number of likely N-dealkylation sites (tertiary alicyclic amines) is 1. The highest BCUT2D eigenvalue weighted by molar-refractivity contribution is 7.51. The Hall–Kier alpha value is -3.11. The molecular weight excluding hydrogens is 575 g/mol. The Balaban J connectivity index is 1.13. The molecule has 3 amide bonds. The van der Waals surface area contributed by atoms with Gasteiger partial charge in [0.1, 0.15) is 12.1 Å². The maximum atomic E-state index is 13.8. The summed E-state index contributed by atoms with van der Waals surface area (Å²) >= 11 is 1.24. The molecule has 42 heavy (non-hydrogen) atoms. The number of thiophene rings is 1. The number of carbonyl (C=O) groups excluding carboxylic acids is 3. The lowest BCUT2D eigenvalue weighted by molar-refractivity contribution is -0.148. The average molecular weight is 611 g/mol. The monoisotopic (exact) mass is 610 g/mol. The summed E-state index contributed by atoms with van der Waals surface area (Å²) in [5.41, 5.74) is 2.83. The van der Waals surface area contributed by atoms with Crippen LogP contribution in [0.15, 0.2) is 42.7 Å². The molecule has 3 aliphatic heterocycles. The molecule has 2 aromatic heterocycles. The van der Waals surface area contributed by atoms with Gasteiger partial charge in [0, 0.05) is 52.6 Å². The molecule has 3 atom stereocenters. The fourth-order valence-electron chi connectivity index (χ4n) is 6.68. The van der Waals surface area contributed by atoms with E-state index in [1.807, 2.05) is 17.2 Å². The van der Waals surface area contributed by atoms with Gasteiger partial charge in [-0.2, -0.15) is 0 Å². The van der Waals surface area contributed by atoms with E-state index < -0.39 is 19.7 Å². The summed E-state index contributed by atoms with van der Waals surface area (Å²) in [4.78, 5) is 67.7. The Bertz CT molecular complexity index is 1580. The van der Waals surface area contributed by atoms with Crippen LogP contribution >= 0.6 is 18.9 Å². The highest BCUT2D eigenvalue weighted by Gasteiger charge is 2.47. The summed E-state index contributed by atoms with van der Waals surface area (Å²) in [6.07, 6.45) is 7.80. The van der Waals surface area contributed by atoms with Crippen LogP contribution in [0.5, 0.6) is 0 Å². The number of hydrogen-bond donors (Lipinski definition) is 3. The number of hydrogen-bond acceptors (Lipinski definition) is 6. The van der Waals surface area contributed by atoms with Crippen LogP contribution in [-0.4, -0.2) is 73.5 Å². The van der Waals surface area contributed by atoms with Crippen molar-refractivity contribution in [1.29, 1.82) is 0 Å². The van der Waals surface area contributed by atoms with E-state index in [4.69, 9.17) is 0 Å². The molecule has 3 N–H and O–H groups in total. The first-order valence-electron chi connectivity index (χ1n) is 14.5. The quantitative estimate of drug-likeness (QED) is 0.346. The average Bonchev–Trinajstić information content (AvgIpc) is 3.49. The van der Waals surface area contributed by atoms with Gasteiger partial charge in [0.15, 0.2) is 0 Å². The zero-order valence-electron chi connectivity index (χ0n) is 23.4. The lowest BCUT2D eigenvalue weighted by Crippen LogP contribution is -2.58. The molecule has 0 radical (unpaired) electrons. The van der Waals surface area contributed by atoms with Gasteiger partial charge in [-0.15, -0.1) is 11.3 Å². The number of amides is 3. The Morgan fingerprint density at radius 1 is 1.12 bits per heavy atom. The van der Waals surface area contributed by atoms with E-state index in [1.165, 1.54) is 22.5 Å². The molecule has 0 unspecified atom stereocenters. The minimum absolute atomic E-state index is 0.00496. The topological polar surface area (TPSA) is 140 Å². The second kappa shape index (κ2) is 11.5. The molecular formula is C30H35N4O6PS. The molecule has 1 aromatic carbocycles. The molecule has 0 saturated carbocycles. The molecule has 3 saturated heterocycles. The molecule has 3 fully saturated rings. The van der Waals surface area contributed by atoms with Gasteiger partial charge >= 0.3 is 7.60 Å². The van der Waals surface area contributed by atoms with E-state index in [9.17, 15) is 28.7 Å². The number of fused-ring (bicyclic) bond motifs is 2. The van der Waals surface area contributed by atoms with Crippen molar-refractivity contribution >= 4 is 46.7 Å². The second-order valence-electron chi connectivity index (χ2n) is 11.6. The van der Waals surface area contributed by atoms with E-state index in [-0.39, 0.29) is 35.8 Å². The summed E-state index contributed by atoms with van der Waals surface area (Å²) < 4.78 is 12.2. The van der Waals surface area contributed by atoms with Gasteiger partial charge < -0.3 is 24.9 Å². The molecule has 0 bridgehead atoms. The van der Waals surface area contributed by atoms with Crippen molar-refractivity contribution in [2.24, 2.45) is 0 Å². The summed E-state index contributed by atoms with van der Waals surface area (Å²) in [5, 5.41) is 3.72.